The van der Waals surface area contributed by atoms with Crippen LogP contribution in [0.1, 0.15) is 0 Å². The van der Waals surface area contributed by atoms with Gasteiger partial charge in [0.2, 0.25) is 0 Å². The predicted molar refractivity (Wildman–Crippen MR) is 126 cm³/mol. The van der Waals surface area contributed by atoms with Gasteiger partial charge in [-0.1, -0.05) is 84.4 Å². The summed E-state index contributed by atoms with van der Waals surface area (Å²) in [4.78, 5) is 5.01. The number of pyridine rings is 1. The van der Waals surface area contributed by atoms with E-state index in [2.05, 4.69) is 77.3 Å². The largest absolute Gasteiger partial charge is 0.299 e. The van der Waals surface area contributed by atoms with E-state index in [4.69, 9.17) is 16.6 Å². The van der Waals surface area contributed by atoms with E-state index in [-0.39, 0.29) is 0 Å². The van der Waals surface area contributed by atoms with Gasteiger partial charge in [0.1, 0.15) is 5.65 Å². The van der Waals surface area contributed by atoms with E-state index in [0.717, 1.165) is 27.5 Å². The molecule has 0 fully saturated rings. The number of hydrogen-bond donors (Lipinski definition) is 0. The maximum Gasteiger partial charge on any atom is 0.137 e. The van der Waals surface area contributed by atoms with E-state index in [1.807, 2.05) is 30.3 Å². The van der Waals surface area contributed by atoms with Gasteiger partial charge in [0.05, 0.1) is 11.0 Å². The second-order valence-corrected chi connectivity index (χ2v) is 7.85. The fraction of sp³-hybridized carbons (Fsp3) is 0. The summed E-state index contributed by atoms with van der Waals surface area (Å²) in [7, 11) is 0. The van der Waals surface area contributed by atoms with Crippen molar-refractivity contribution in [1.82, 2.24) is 9.38 Å². The minimum atomic E-state index is 0.715. The summed E-state index contributed by atoms with van der Waals surface area (Å²) in [5, 5.41) is 2.94. The van der Waals surface area contributed by atoms with Crippen LogP contribution in [0.4, 0.5) is 0 Å². The average molecular weight is 405 g/mol. The Labute approximate surface area is 179 Å². The number of aromatic nitrogens is 2. The van der Waals surface area contributed by atoms with Crippen LogP contribution in [-0.2, 0) is 0 Å². The molecule has 0 bridgehead atoms. The number of imidazole rings is 1. The highest BCUT2D eigenvalue weighted by Gasteiger charge is 2.21. The molecule has 0 unspecified atom stereocenters. The van der Waals surface area contributed by atoms with Gasteiger partial charge in [-0.25, -0.2) is 4.98 Å². The summed E-state index contributed by atoms with van der Waals surface area (Å²) < 4.78 is 2.18. The van der Waals surface area contributed by atoms with Crippen LogP contribution < -0.4 is 0 Å². The first kappa shape index (κ1) is 17.3. The van der Waals surface area contributed by atoms with Crippen molar-refractivity contribution in [3.63, 3.8) is 0 Å². The molecule has 0 amide bonds. The van der Waals surface area contributed by atoms with Crippen LogP contribution in [0.15, 0.2) is 103 Å². The van der Waals surface area contributed by atoms with Gasteiger partial charge in [-0.05, 0) is 46.3 Å². The fourth-order valence-electron chi connectivity index (χ4n) is 4.40. The molecule has 0 spiro atoms. The standard InChI is InChI=1S/C27H17ClN2/c28-20-14-15-21-22(17-20)26-27(30-16-8-7-13-23(30)29-26)25(19-11-5-2-6-12-19)24(21)18-9-3-1-4-10-18/h1-17H. The molecule has 6 aromatic rings. The third-order valence-electron chi connectivity index (χ3n) is 5.65. The topological polar surface area (TPSA) is 17.3 Å². The molecule has 4 aromatic carbocycles. The normalized spacial score (nSPS) is 11.5. The molecule has 0 saturated heterocycles. The van der Waals surface area contributed by atoms with Crippen molar-refractivity contribution in [2.45, 2.75) is 0 Å². The molecule has 0 saturated carbocycles. The monoisotopic (exact) mass is 404 g/mol. The summed E-state index contributed by atoms with van der Waals surface area (Å²) >= 11 is 6.44. The molecule has 2 nitrogen and oxygen atoms in total. The number of fused-ring (bicyclic) bond motifs is 5. The van der Waals surface area contributed by atoms with Gasteiger partial charge in [-0.3, -0.25) is 4.40 Å². The van der Waals surface area contributed by atoms with Crippen molar-refractivity contribution in [3.8, 4) is 22.3 Å². The van der Waals surface area contributed by atoms with E-state index < -0.39 is 0 Å². The van der Waals surface area contributed by atoms with Crippen LogP contribution in [0.5, 0.6) is 0 Å². The molecule has 0 N–H and O–H groups in total. The van der Waals surface area contributed by atoms with Gasteiger partial charge in [0.25, 0.3) is 0 Å². The van der Waals surface area contributed by atoms with Gasteiger partial charge >= 0.3 is 0 Å². The van der Waals surface area contributed by atoms with Crippen molar-refractivity contribution in [2.75, 3.05) is 0 Å². The van der Waals surface area contributed by atoms with E-state index in [9.17, 15) is 0 Å². The molecule has 0 radical (unpaired) electrons. The number of halogens is 1. The Kier molecular flexibility index (Phi) is 3.87. The molecular formula is C27H17ClN2. The van der Waals surface area contributed by atoms with Gasteiger partial charge in [0, 0.05) is 22.2 Å². The summed E-state index contributed by atoms with van der Waals surface area (Å²) in [6.45, 7) is 0. The summed E-state index contributed by atoms with van der Waals surface area (Å²) in [5.41, 5.74) is 7.73. The highest BCUT2D eigenvalue weighted by molar-refractivity contribution is 6.32. The van der Waals surface area contributed by atoms with Crippen LogP contribution in [0.3, 0.4) is 0 Å². The molecule has 2 aromatic heterocycles. The SMILES string of the molecule is Clc1ccc2c(-c3ccccc3)c(-c3ccccc3)c3c(nc4ccccn43)c2c1. The van der Waals surface area contributed by atoms with Gasteiger partial charge in [-0.2, -0.15) is 0 Å². The molecule has 0 aliphatic rings. The lowest BCUT2D eigenvalue weighted by molar-refractivity contribution is 1.23. The average Bonchev–Trinajstić information content (AvgIpc) is 3.19. The van der Waals surface area contributed by atoms with E-state index in [0.29, 0.717) is 5.02 Å². The third-order valence-corrected chi connectivity index (χ3v) is 5.88. The van der Waals surface area contributed by atoms with Gasteiger partial charge in [0.15, 0.2) is 0 Å². The molecule has 142 valence electrons. The zero-order valence-electron chi connectivity index (χ0n) is 16.1. The predicted octanol–water partition coefficient (Wildman–Crippen LogP) is 7.63. The Hall–Kier alpha value is -3.62. The highest BCUT2D eigenvalue weighted by Crippen LogP contribution is 2.44. The molecule has 30 heavy (non-hydrogen) atoms. The molecule has 0 atom stereocenters. The van der Waals surface area contributed by atoms with Crippen LogP contribution in [0.2, 0.25) is 5.02 Å². The van der Waals surface area contributed by atoms with E-state index in [1.165, 1.54) is 22.3 Å². The zero-order chi connectivity index (χ0) is 20.1. The minimum absolute atomic E-state index is 0.715. The number of hydrogen-bond acceptors (Lipinski definition) is 1. The quantitative estimate of drug-likeness (QED) is 0.290. The molecule has 6 rings (SSSR count). The molecule has 2 heterocycles. The van der Waals surface area contributed by atoms with Gasteiger partial charge in [-0.15, -0.1) is 0 Å². The number of benzene rings is 4. The fourth-order valence-corrected chi connectivity index (χ4v) is 4.57. The van der Waals surface area contributed by atoms with Crippen molar-refractivity contribution in [3.05, 3.63) is 108 Å². The van der Waals surface area contributed by atoms with Crippen LogP contribution in [0, 0.1) is 0 Å². The molecule has 3 heteroatoms. The van der Waals surface area contributed by atoms with Gasteiger partial charge < -0.3 is 0 Å². The Morgan fingerprint density at radius 1 is 0.633 bits per heavy atom. The lowest BCUT2D eigenvalue weighted by atomic mass is 9.88. The van der Waals surface area contributed by atoms with Crippen molar-refractivity contribution in [1.29, 1.82) is 0 Å². The maximum absolute atomic E-state index is 6.44. The first-order valence-corrected chi connectivity index (χ1v) is 10.3. The van der Waals surface area contributed by atoms with Crippen molar-refractivity contribution < 1.29 is 0 Å². The number of nitrogens with zero attached hydrogens (tertiary/aromatic N) is 2. The first-order chi connectivity index (χ1) is 14.8. The van der Waals surface area contributed by atoms with Crippen molar-refractivity contribution in [2.24, 2.45) is 0 Å². The van der Waals surface area contributed by atoms with E-state index >= 15 is 0 Å². The lowest BCUT2D eigenvalue weighted by Gasteiger charge is -2.16. The Morgan fingerprint density at radius 3 is 2.03 bits per heavy atom. The van der Waals surface area contributed by atoms with Crippen LogP contribution in [0.25, 0.3) is 49.7 Å². The molecule has 0 aliphatic heterocycles. The molecule has 0 aliphatic carbocycles. The van der Waals surface area contributed by atoms with Crippen LogP contribution >= 0.6 is 11.6 Å². The molecular weight excluding hydrogens is 388 g/mol. The van der Waals surface area contributed by atoms with Crippen LogP contribution in [-0.4, -0.2) is 9.38 Å². The Balaban J connectivity index is 1.95. The Bertz CT molecular complexity index is 1530. The first-order valence-electron chi connectivity index (χ1n) is 9.94. The van der Waals surface area contributed by atoms with Crippen molar-refractivity contribution >= 4 is 39.1 Å². The second kappa shape index (κ2) is 6.72. The Morgan fingerprint density at radius 2 is 1.30 bits per heavy atom. The minimum Gasteiger partial charge on any atom is -0.299 e. The maximum atomic E-state index is 6.44. The number of rotatable bonds is 2. The smallest absolute Gasteiger partial charge is 0.137 e. The zero-order valence-corrected chi connectivity index (χ0v) is 16.8. The summed E-state index contributed by atoms with van der Waals surface area (Å²) in [5.74, 6) is 0. The van der Waals surface area contributed by atoms with E-state index in [1.54, 1.807) is 0 Å². The summed E-state index contributed by atoms with van der Waals surface area (Å²) in [6, 6.07) is 33.4. The lowest BCUT2D eigenvalue weighted by Crippen LogP contribution is -1.93. The summed E-state index contributed by atoms with van der Waals surface area (Å²) in [6.07, 6.45) is 2.09. The highest BCUT2D eigenvalue weighted by atomic mass is 35.5. The second-order valence-electron chi connectivity index (χ2n) is 7.41. The third kappa shape index (κ3) is 2.54.